The van der Waals surface area contributed by atoms with Crippen LogP contribution in [0.3, 0.4) is 0 Å². The Morgan fingerprint density at radius 1 is 0.846 bits per heavy atom. The standard InChI is InChI=1S/C24H24F2/c1-2-16-3-5-17(6-4-16)19-9-13-23-20(15-19)10-14-22(24(23)26)18-7-11-21(25)12-8-18/h7-17H,2-6H2,1H3. The predicted molar refractivity (Wildman–Crippen MR) is 104 cm³/mol. The average molecular weight is 350 g/mol. The summed E-state index contributed by atoms with van der Waals surface area (Å²) >= 11 is 0. The first-order valence-corrected chi connectivity index (χ1v) is 9.64. The molecule has 0 nitrogen and oxygen atoms in total. The molecule has 1 aliphatic rings. The second-order valence-electron chi connectivity index (χ2n) is 7.54. The van der Waals surface area contributed by atoms with E-state index in [1.165, 1.54) is 49.8 Å². The molecule has 0 unspecified atom stereocenters. The summed E-state index contributed by atoms with van der Waals surface area (Å²) < 4.78 is 28.2. The maximum absolute atomic E-state index is 15.0. The SMILES string of the molecule is CCC1CCC(c2ccc3c(F)c(-c4ccc(F)cc4)ccc3c2)CC1. The van der Waals surface area contributed by atoms with Gasteiger partial charge in [0.1, 0.15) is 11.6 Å². The molecule has 0 saturated heterocycles. The van der Waals surface area contributed by atoms with Crippen LogP contribution in [0.15, 0.2) is 54.6 Å². The summed E-state index contributed by atoms with van der Waals surface area (Å²) in [4.78, 5) is 0. The molecule has 1 aliphatic carbocycles. The highest BCUT2D eigenvalue weighted by molar-refractivity contribution is 5.88. The van der Waals surface area contributed by atoms with Gasteiger partial charge in [-0.05, 0) is 66.2 Å². The predicted octanol–water partition coefficient (Wildman–Crippen LogP) is 7.47. The zero-order chi connectivity index (χ0) is 18.1. The molecule has 0 aromatic heterocycles. The van der Waals surface area contributed by atoms with Gasteiger partial charge in [-0.1, -0.05) is 55.8 Å². The second kappa shape index (κ2) is 7.19. The van der Waals surface area contributed by atoms with E-state index in [0.29, 0.717) is 22.4 Å². The van der Waals surface area contributed by atoms with Crippen molar-refractivity contribution in [2.75, 3.05) is 0 Å². The van der Waals surface area contributed by atoms with Gasteiger partial charge in [0, 0.05) is 10.9 Å². The largest absolute Gasteiger partial charge is 0.207 e. The van der Waals surface area contributed by atoms with E-state index in [2.05, 4.69) is 19.1 Å². The molecule has 3 aromatic rings. The van der Waals surface area contributed by atoms with Crippen LogP contribution in [0.2, 0.25) is 0 Å². The summed E-state index contributed by atoms with van der Waals surface area (Å²) in [5, 5.41) is 1.58. The first kappa shape index (κ1) is 17.2. The van der Waals surface area contributed by atoms with Gasteiger partial charge in [-0.2, -0.15) is 0 Å². The van der Waals surface area contributed by atoms with Crippen LogP contribution >= 0.6 is 0 Å². The molecule has 4 rings (SSSR count). The first-order valence-electron chi connectivity index (χ1n) is 9.64. The van der Waals surface area contributed by atoms with Crippen molar-refractivity contribution < 1.29 is 8.78 Å². The van der Waals surface area contributed by atoms with Crippen LogP contribution in [0, 0.1) is 17.6 Å². The normalized spacial score (nSPS) is 20.4. The van der Waals surface area contributed by atoms with Crippen LogP contribution in [0.5, 0.6) is 0 Å². The number of hydrogen-bond acceptors (Lipinski definition) is 0. The fourth-order valence-corrected chi connectivity index (χ4v) is 4.32. The Kier molecular flexibility index (Phi) is 4.76. The topological polar surface area (TPSA) is 0 Å². The van der Waals surface area contributed by atoms with E-state index >= 15 is 4.39 Å². The Morgan fingerprint density at radius 3 is 2.27 bits per heavy atom. The summed E-state index contributed by atoms with van der Waals surface area (Å²) in [5.74, 6) is 0.942. The van der Waals surface area contributed by atoms with Crippen molar-refractivity contribution in [1.29, 1.82) is 0 Å². The van der Waals surface area contributed by atoms with Crippen molar-refractivity contribution in [3.05, 3.63) is 71.8 Å². The molecule has 3 aromatic carbocycles. The number of fused-ring (bicyclic) bond motifs is 1. The Morgan fingerprint density at radius 2 is 1.58 bits per heavy atom. The van der Waals surface area contributed by atoms with E-state index < -0.39 is 0 Å². The van der Waals surface area contributed by atoms with Crippen molar-refractivity contribution in [2.24, 2.45) is 5.92 Å². The fourth-order valence-electron chi connectivity index (χ4n) is 4.32. The highest BCUT2D eigenvalue weighted by Gasteiger charge is 2.21. The summed E-state index contributed by atoms with van der Waals surface area (Å²) in [6.45, 7) is 2.28. The summed E-state index contributed by atoms with van der Waals surface area (Å²) in [7, 11) is 0. The lowest BCUT2D eigenvalue weighted by molar-refractivity contribution is 0.319. The maximum Gasteiger partial charge on any atom is 0.138 e. The molecule has 1 fully saturated rings. The van der Waals surface area contributed by atoms with Gasteiger partial charge in [0.25, 0.3) is 0 Å². The highest BCUT2D eigenvalue weighted by atomic mass is 19.1. The third-order valence-corrected chi connectivity index (χ3v) is 6.03. The van der Waals surface area contributed by atoms with Gasteiger partial charge in [0.05, 0.1) is 0 Å². The van der Waals surface area contributed by atoms with Crippen LogP contribution in [0.25, 0.3) is 21.9 Å². The first-order chi connectivity index (χ1) is 12.7. The van der Waals surface area contributed by atoms with Gasteiger partial charge in [0.2, 0.25) is 0 Å². The highest BCUT2D eigenvalue weighted by Crippen LogP contribution is 2.38. The van der Waals surface area contributed by atoms with Crippen LogP contribution in [-0.2, 0) is 0 Å². The molecule has 0 amide bonds. The summed E-state index contributed by atoms with van der Waals surface area (Å²) in [6, 6.07) is 15.9. The minimum absolute atomic E-state index is 0.227. The molecule has 0 heterocycles. The van der Waals surface area contributed by atoms with Crippen molar-refractivity contribution in [1.82, 2.24) is 0 Å². The quantitative estimate of drug-likeness (QED) is 0.459. The maximum atomic E-state index is 15.0. The Labute approximate surface area is 153 Å². The smallest absolute Gasteiger partial charge is 0.138 e. The van der Waals surface area contributed by atoms with E-state index in [0.717, 1.165) is 11.3 Å². The third-order valence-electron chi connectivity index (χ3n) is 6.03. The van der Waals surface area contributed by atoms with Crippen molar-refractivity contribution >= 4 is 10.8 Å². The number of hydrogen-bond donors (Lipinski definition) is 0. The third kappa shape index (κ3) is 3.25. The van der Waals surface area contributed by atoms with Gasteiger partial charge >= 0.3 is 0 Å². The van der Waals surface area contributed by atoms with Crippen LogP contribution < -0.4 is 0 Å². The van der Waals surface area contributed by atoms with Crippen LogP contribution in [0.1, 0.15) is 50.5 Å². The monoisotopic (exact) mass is 350 g/mol. The van der Waals surface area contributed by atoms with Gasteiger partial charge in [-0.15, -0.1) is 0 Å². The van der Waals surface area contributed by atoms with Gasteiger partial charge in [-0.3, -0.25) is 0 Å². The molecular weight excluding hydrogens is 326 g/mol. The number of rotatable bonds is 3. The molecule has 2 heteroatoms. The van der Waals surface area contributed by atoms with Gasteiger partial charge in [0.15, 0.2) is 0 Å². The molecular formula is C24H24F2. The van der Waals surface area contributed by atoms with Crippen molar-refractivity contribution in [3.8, 4) is 11.1 Å². The lowest BCUT2D eigenvalue weighted by atomic mass is 9.77. The lowest BCUT2D eigenvalue weighted by Crippen LogP contribution is -2.12. The van der Waals surface area contributed by atoms with E-state index in [4.69, 9.17) is 0 Å². The molecule has 0 spiro atoms. The molecule has 1 saturated carbocycles. The number of halogens is 2. The van der Waals surface area contributed by atoms with Gasteiger partial charge in [-0.25, -0.2) is 8.78 Å². The minimum Gasteiger partial charge on any atom is -0.207 e. The van der Waals surface area contributed by atoms with E-state index in [-0.39, 0.29) is 11.6 Å². The van der Waals surface area contributed by atoms with Crippen LogP contribution in [0.4, 0.5) is 8.78 Å². The molecule has 0 aliphatic heterocycles. The van der Waals surface area contributed by atoms with E-state index in [1.54, 1.807) is 12.1 Å². The Hall–Kier alpha value is -2.22. The van der Waals surface area contributed by atoms with E-state index in [9.17, 15) is 4.39 Å². The summed E-state index contributed by atoms with van der Waals surface area (Å²) in [5.41, 5.74) is 2.56. The Bertz CT molecular complexity index is 903. The average Bonchev–Trinajstić information content (AvgIpc) is 2.69. The summed E-state index contributed by atoms with van der Waals surface area (Å²) in [6.07, 6.45) is 6.36. The Balaban J connectivity index is 1.66. The molecule has 134 valence electrons. The molecule has 0 bridgehead atoms. The minimum atomic E-state index is -0.308. The fraction of sp³-hybridized carbons (Fsp3) is 0.333. The molecule has 0 atom stereocenters. The molecule has 26 heavy (non-hydrogen) atoms. The molecule has 0 N–H and O–H groups in total. The van der Waals surface area contributed by atoms with Crippen LogP contribution in [-0.4, -0.2) is 0 Å². The number of benzene rings is 3. The van der Waals surface area contributed by atoms with Crippen molar-refractivity contribution in [2.45, 2.75) is 44.9 Å². The zero-order valence-electron chi connectivity index (χ0n) is 15.1. The van der Waals surface area contributed by atoms with Gasteiger partial charge < -0.3 is 0 Å². The zero-order valence-corrected chi connectivity index (χ0v) is 15.1. The lowest BCUT2D eigenvalue weighted by Gasteiger charge is -2.28. The second-order valence-corrected chi connectivity index (χ2v) is 7.54. The van der Waals surface area contributed by atoms with Crippen molar-refractivity contribution in [3.63, 3.8) is 0 Å². The molecule has 0 radical (unpaired) electrons. The van der Waals surface area contributed by atoms with E-state index in [1.807, 2.05) is 18.2 Å².